The zero-order chi connectivity index (χ0) is 24.4. The first-order valence-electron chi connectivity index (χ1n) is 11.2. The van der Waals surface area contributed by atoms with Crippen LogP contribution in [-0.4, -0.2) is 30.0 Å². The second kappa shape index (κ2) is 9.47. The first-order valence-corrected chi connectivity index (χ1v) is 11.2. The van der Waals surface area contributed by atoms with Gasteiger partial charge in [-0.25, -0.2) is 0 Å². The standard InChI is InChI=1S/C27H27NO6/c1-5-32-20-9-7-8-19(15-20)28-24(22-12-10-17(4)34-22)23(26(30)27(28)31)25(29)18-11-13-21(33-6-2)16(3)14-18/h7-15,24,29H,5-6H2,1-4H3/b25-23-. The molecule has 0 spiro atoms. The van der Waals surface area contributed by atoms with Crippen molar-refractivity contribution in [2.45, 2.75) is 33.7 Å². The molecule has 4 rings (SSSR count). The van der Waals surface area contributed by atoms with Crippen molar-refractivity contribution in [3.8, 4) is 11.5 Å². The second-order valence-electron chi connectivity index (χ2n) is 7.96. The fourth-order valence-corrected chi connectivity index (χ4v) is 4.13. The number of furan rings is 1. The molecule has 34 heavy (non-hydrogen) atoms. The van der Waals surface area contributed by atoms with Crippen LogP contribution in [0, 0.1) is 13.8 Å². The first-order chi connectivity index (χ1) is 16.3. The highest BCUT2D eigenvalue weighted by Crippen LogP contribution is 2.43. The Morgan fingerprint density at radius 1 is 1.00 bits per heavy atom. The van der Waals surface area contributed by atoms with Gasteiger partial charge in [0.25, 0.3) is 11.7 Å². The van der Waals surface area contributed by atoms with Gasteiger partial charge in [0.15, 0.2) is 0 Å². The first kappa shape index (κ1) is 23.2. The van der Waals surface area contributed by atoms with Gasteiger partial charge in [-0.1, -0.05) is 6.07 Å². The van der Waals surface area contributed by atoms with Gasteiger partial charge < -0.3 is 19.0 Å². The summed E-state index contributed by atoms with van der Waals surface area (Å²) >= 11 is 0. The van der Waals surface area contributed by atoms with Gasteiger partial charge in [-0.15, -0.1) is 0 Å². The number of rotatable bonds is 7. The van der Waals surface area contributed by atoms with Crippen LogP contribution in [0.4, 0.5) is 5.69 Å². The van der Waals surface area contributed by atoms with Crippen LogP contribution in [0.15, 0.2) is 64.6 Å². The number of aliphatic hydroxyl groups excluding tert-OH is 1. The number of amides is 1. The molecule has 1 aliphatic heterocycles. The molecule has 0 bridgehead atoms. The van der Waals surface area contributed by atoms with Gasteiger partial charge >= 0.3 is 0 Å². The minimum atomic E-state index is -0.933. The Morgan fingerprint density at radius 2 is 1.76 bits per heavy atom. The highest BCUT2D eigenvalue weighted by molar-refractivity contribution is 6.51. The SMILES string of the molecule is CCOc1cccc(N2C(=O)C(=O)/C(=C(\O)c3ccc(OCC)c(C)c3)C2c2ccc(C)o2)c1. The molecule has 2 aromatic carbocycles. The molecule has 1 aromatic heterocycles. The van der Waals surface area contributed by atoms with Crippen LogP contribution in [0.25, 0.3) is 5.76 Å². The third kappa shape index (κ3) is 4.17. The fraction of sp³-hybridized carbons (Fsp3) is 0.259. The fourth-order valence-electron chi connectivity index (χ4n) is 4.13. The van der Waals surface area contributed by atoms with Crippen LogP contribution in [-0.2, 0) is 9.59 Å². The van der Waals surface area contributed by atoms with Crippen molar-refractivity contribution in [3.63, 3.8) is 0 Å². The molecule has 1 N–H and O–H groups in total. The van der Waals surface area contributed by atoms with E-state index in [4.69, 9.17) is 13.9 Å². The highest BCUT2D eigenvalue weighted by Gasteiger charge is 2.48. The number of aliphatic hydroxyl groups is 1. The lowest BCUT2D eigenvalue weighted by atomic mass is 9.98. The summed E-state index contributed by atoms with van der Waals surface area (Å²) < 4.78 is 17.0. The molecule has 1 unspecified atom stereocenters. The zero-order valence-electron chi connectivity index (χ0n) is 19.6. The van der Waals surface area contributed by atoms with E-state index >= 15 is 0 Å². The summed E-state index contributed by atoms with van der Waals surface area (Å²) in [6.45, 7) is 8.36. The van der Waals surface area contributed by atoms with E-state index < -0.39 is 17.7 Å². The molecule has 1 atom stereocenters. The van der Waals surface area contributed by atoms with E-state index in [-0.39, 0.29) is 11.3 Å². The molecule has 1 aliphatic rings. The van der Waals surface area contributed by atoms with Gasteiger partial charge in [0.05, 0.1) is 18.8 Å². The van der Waals surface area contributed by atoms with Crippen LogP contribution >= 0.6 is 0 Å². The quantitative estimate of drug-likeness (QED) is 0.291. The molecule has 0 aliphatic carbocycles. The van der Waals surface area contributed by atoms with Crippen LogP contribution in [0.2, 0.25) is 0 Å². The molecule has 1 fully saturated rings. The molecule has 7 nitrogen and oxygen atoms in total. The lowest BCUT2D eigenvalue weighted by molar-refractivity contribution is -0.132. The topological polar surface area (TPSA) is 89.2 Å². The maximum atomic E-state index is 13.3. The van der Waals surface area contributed by atoms with Gasteiger partial charge in [-0.2, -0.15) is 0 Å². The molecule has 0 radical (unpaired) electrons. The highest BCUT2D eigenvalue weighted by atomic mass is 16.5. The smallest absolute Gasteiger partial charge is 0.300 e. The number of carbonyl (C=O) groups excluding carboxylic acids is 2. The lowest BCUT2D eigenvalue weighted by Gasteiger charge is -2.24. The van der Waals surface area contributed by atoms with E-state index in [0.717, 1.165) is 5.56 Å². The average Bonchev–Trinajstić information content (AvgIpc) is 3.36. The average molecular weight is 462 g/mol. The summed E-state index contributed by atoms with van der Waals surface area (Å²) in [6.07, 6.45) is 0. The van der Waals surface area contributed by atoms with Crippen LogP contribution in [0.3, 0.4) is 0 Å². The Morgan fingerprint density at radius 3 is 2.41 bits per heavy atom. The van der Waals surface area contributed by atoms with E-state index in [1.807, 2.05) is 20.8 Å². The third-order valence-electron chi connectivity index (χ3n) is 5.63. The van der Waals surface area contributed by atoms with Crippen LogP contribution in [0.5, 0.6) is 11.5 Å². The van der Waals surface area contributed by atoms with E-state index in [0.29, 0.717) is 47.5 Å². The molecule has 2 heterocycles. The predicted molar refractivity (Wildman–Crippen MR) is 128 cm³/mol. The summed E-state index contributed by atoms with van der Waals surface area (Å²) in [5.41, 5.74) is 1.64. The van der Waals surface area contributed by atoms with E-state index in [2.05, 4.69) is 0 Å². The predicted octanol–water partition coefficient (Wildman–Crippen LogP) is 5.32. The molecule has 3 aromatic rings. The van der Waals surface area contributed by atoms with E-state index in [9.17, 15) is 14.7 Å². The molecular formula is C27H27NO6. The van der Waals surface area contributed by atoms with E-state index in [1.165, 1.54) is 4.90 Å². The molecule has 7 heteroatoms. The lowest BCUT2D eigenvalue weighted by Crippen LogP contribution is -2.29. The number of Topliss-reactive ketones (excluding diaryl/α,β-unsaturated/α-hetero) is 1. The molecule has 1 saturated heterocycles. The number of ether oxygens (including phenoxy) is 2. The van der Waals surface area contributed by atoms with Gasteiger partial charge in [0.2, 0.25) is 0 Å². The summed E-state index contributed by atoms with van der Waals surface area (Å²) in [6, 6.07) is 14.6. The Labute approximate surface area is 198 Å². The van der Waals surface area contributed by atoms with Gasteiger partial charge in [0.1, 0.15) is 34.8 Å². The molecule has 1 amide bonds. The Balaban J connectivity index is 1.88. The minimum absolute atomic E-state index is 0.0373. The van der Waals surface area contributed by atoms with Crippen molar-refractivity contribution >= 4 is 23.1 Å². The Hall–Kier alpha value is -4.00. The monoisotopic (exact) mass is 461 g/mol. The van der Waals surface area contributed by atoms with Crippen LogP contribution in [0.1, 0.15) is 42.5 Å². The number of anilines is 1. The zero-order valence-corrected chi connectivity index (χ0v) is 19.6. The summed E-state index contributed by atoms with van der Waals surface area (Å²) in [7, 11) is 0. The number of hydrogen-bond donors (Lipinski definition) is 1. The second-order valence-corrected chi connectivity index (χ2v) is 7.96. The Bertz CT molecular complexity index is 1270. The molecule has 0 saturated carbocycles. The van der Waals surface area contributed by atoms with Crippen molar-refractivity contribution < 1.29 is 28.6 Å². The number of aryl methyl sites for hydroxylation is 2. The van der Waals surface area contributed by atoms with Crippen molar-refractivity contribution in [2.75, 3.05) is 18.1 Å². The van der Waals surface area contributed by atoms with Crippen molar-refractivity contribution in [1.82, 2.24) is 0 Å². The van der Waals surface area contributed by atoms with Gasteiger partial charge in [-0.3, -0.25) is 14.5 Å². The number of hydrogen-bond acceptors (Lipinski definition) is 6. The summed E-state index contributed by atoms with van der Waals surface area (Å²) in [5, 5.41) is 11.3. The third-order valence-corrected chi connectivity index (χ3v) is 5.63. The Kier molecular flexibility index (Phi) is 6.45. The minimum Gasteiger partial charge on any atom is -0.507 e. The van der Waals surface area contributed by atoms with Gasteiger partial charge in [0, 0.05) is 17.3 Å². The van der Waals surface area contributed by atoms with Crippen molar-refractivity contribution in [3.05, 3.63) is 82.8 Å². The van der Waals surface area contributed by atoms with Crippen LogP contribution < -0.4 is 14.4 Å². The number of nitrogens with zero attached hydrogens (tertiary/aromatic N) is 1. The maximum absolute atomic E-state index is 13.3. The summed E-state index contributed by atoms with van der Waals surface area (Å²) in [4.78, 5) is 27.8. The normalized spacial score (nSPS) is 17.3. The summed E-state index contributed by atoms with van der Waals surface area (Å²) in [5.74, 6) is 0.445. The number of ketones is 1. The van der Waals surface area contributed by atoms with E-state index in [1.54, 1.807) is 61.5 Å². The van der Waals surface area contributed by atoms with Gasteiger partial charge in [-0.05, 0) is 75.7 Å². The molecular weight excluding hydrogens is 434 g/mol. The van der Waals surface area contributed by atoms with Crippen molar-refractivity contribution in [1.29, 1.82) is 0 Å². The van der Waals surface area contributed by atoms with Crippen molar-refractivity contribution in [2.24, 2.45) is 0 Å². The maximum Gasteiger partial charge on any atom is 0.300 e. The number of benzene rings is 2. The molecule has 176 valence electrons. The number of carbonyl (C=O) groups is 2. The largest absolute Gasteiger partial charge is 0.507 e.